The van der Waals surface area contributed by atoms with E-state index in [0.29, 0.717) is 18.8 Å². The van der Waals surface area contributed by atoms with E-state index in [1.807, 2.05) is 0 Å². The van der Waals surface area contributed by atoms with E-state index in [-0.39, 0.29) is 18.1 Å². The van der Waals surface area contributed by atoms with Crippen molar-refractivity contribution in [2.75, 3.05) is 13.6 Å². The number of rotatable bonds is 3. The van der Waals surface area contributed by atoms with Gasteiger partial charge in [0.25, 0.3) is 0 Å². The number of phenols is 1. The predicted molar refractivity (Wildman–Crippen MR) is 54.9 cm³/mol. The summed E-state index contributed by atoms with van der Waals surface area (Å²) in [5, 5.41) is 12.4. The standard InChI is InChI=1S/C11H13NO3/c1-12-4-11(14)9-2-7-5-15-6-8(7)3-10(9)13/h2-3,12-13H,4-6H2,1H3. The van der Waals surface area contributed by atoms with Crippen molar-refractivity contribution in [2.24, 2.45) is 0 Å². The molecule has 0 saturated carbocycles. The van der Waals surface area contributed by atoms with E-state index in [9.17, 15) is 9.90 Å². The molecule has 0 bridgehead atoms. The van der Waals surface area contributed by atoms with Crippen LogP contribution in [-0.4, -0.2) is 24.5 Å². The number of carbonyl (C=O) groups excluding carboxylic acids is 1. The average Bonchev–Trinajstić information content (AvgIpc) is 2.63. The van der Waals surface area contributed by atoms with Crippen LogP contribution < -0.4 is 5.32 Å². The van der Waals surface area contributed by atoms with Crippen LogP contribution in [-0.2, 0) is 18.0 Å². The van der Waals surface area contributed by atoms with Crippen LogP contribution in [0, 0.1) is 0 Å². The first kappa shape index (κ1) is 10.1. The lowest BCUT2D eigenvalue weighted by atomic mass is 10.0. The molecule has 1 aliphatic rings. The van der Waals surface area contributed by atoms with Gasteiger partial charge in [-0.25, -0.2) is 0 Å². The van der Waals surface area contributed by atoms with Crippen molar-refractivity contribution >= 4 is 5.78 Å². The van der Waals surface area contributed by atoms with Crippen LogP contribution in [0.3, 0.4) is 0 Å². The lowest BCUT2D eigenvalue weighted by Crippen LogP contribution is -2.18. The van der Waals surface area contributed by atoms with Crippen molar-refractivity contribution in [3.63, 3.8) is 0 Å². The van der Waals surface area contributed by atoms with Crippen LogP contribution in [0.15, 0.2) is 12.1 Å². The molecule has 0 spiro atoms. The molecule has 1 aromatic carbocycles. The lowest BCUT2D eigenvalue weighted by Gasteiger charge is -2.05. The fourth-order valence-electron chi connectivity index (χ4n) is 1.70. The maximum Gasteiger partial charge on any atom is 0.180 e. The molecule has 0 amide bonds. The molecule has 80 valence electrons. The molecular weight excluding hydrogens is 194 g/mol. The number of hydrogen-bond donors (Lipinski definition) is 2. The Kier molecular flexibility index (Phi) is 2.70. The summed E-state index contributed by atoms with van der Waals surface area (Å²) in [5.41, 5.74) is 2.33. The van der Waals surface area contributed by atoms with Crippen molar-refractivity contribution < 1.29 is 14.6 Å². The number of ether oxygens (including phenoxy) is 1. The van der Waals surface area contributed by atoms with E-state index >= 15 is 0 Å². The van der Waals surface area contributed by atoms with Gasteiger partial charge in [-0.15, -0.1) is 0 Å². The van der Waals surface area contributed by atoms with Crippen molar-refractivity contribution in [2.45, 2.75) is 13.2 Å². The van der Waals surface area contributed by atoms with Crippen LogP contribution in [0.2, 0.25) is 0 Å². The monoisotopic (exact) mass is 207 g/mol. The first-order chi connectivity index (χ1) is 7.22. The molecular formula is C11H13NO3. The molecule has 0 aliphatic carbocycles. The summed E-state index contributed by atoms with van der Waals surface area (Å²) in [6, 6.07) is 3.34. The highest BCUT2D eigenvalue weighted by Crippen LogP contribution is 2.28. The number of Topliss-reactive ketones (excluding diaryl/α,β-unsaturated/α-hetero) is 1. The van der Waals surface area contributed by atoms with Gasteiger partial charge in [0, 0.05) is 0 Å². The normalized spacial score (nSPS) is 13.9. The SMILES string of the molecule is CNCC(=O)c1cc2c(cc1O)COC2. The van der Waals surface area contributed by atoms with Crippen LogP contribution in [0.5, 0.6) is 5.75 Å². The summed E-state index contributed by atoms with van der Waals surface area (Å²) in [6.45, 7) is 1.27. The zero-order valence-corrected chi connectivity index (χ0v) is 8.54. The van der Waals surface area contributed by atoms with Gasteiger partial charge in [-0.3, -0.25) is 4.79 Å². The number of likely N-dealkylation sites (N-methyl/N-ethyl adjacent to an activating group) is 1. The quantitative estimate of drug-likeness (QED) is 0.720. The first-order valence-electron chi connectivity index (χ1n) is 4.82. The molecule has 0 fully saturated rings. The summed E-state index contributed by atoms with van der Waals surface area (Å²) in [6.07, 6.45) is 0. The fourth-order valence-corrected chi connectivity index (χ4v) is 1.70. The van der Waals surface area contributed by atoms with Crippen LogP contribution >= 0.6 is 0 Å². The van der Waals surface area contributed by atoms with E-state index in [1.54, 1.807) is 19.2 Å². The lowest BCUT2D eigenvalue weighted by molar-refractivity contribution is 0.0991. The third-order valence-electron chi connectivity index (χ3n) is 2.47. The molecule has 2 N–H and O–H groups in total. The second kappa shape index (κ2) is 4.00. The number of carbonyl (C=O) groups is 1. The van der Waals surface area contributed by atoms with Crippen molar-refractivity contribution in [3.8, 4) is 5.75 Å². The Morgan fingerprint density at radius 1 is 1.47 bits per heavy atom. The van der Waals surface area contributed by atoms with Crippen molar-refractivity contribution in [3.05, 3.63) is 28.8 Å². The highest BCUT2D eigenvalue weighted by Gasteiger charge is 2.18. The van der Waals surface area contributed by atoms with E-state index < -0.39 is 0 Å². The molecule has 1 aromatic rings. The second-order valence-corrected chi connectivity index (χ2v) is 3.58. The minimum atomic E-state index is -0.107. The van der Waals surface area contributed by atoms with Crippen LogP contribution in [0.4, 0.5) is 0 Å². The number of aromatic hydroxyl groups is 1. The summed E-state index contributed by atoms with van der Waals surface area (Å²) < 4.78 is 5.23. The highest BCUT2D eigenvalue weighted by atomic mass is 16.5. The maximum absolute atomic E-state index is 11.6. The summed E-state index contributed by atoms with van der Waals surface area (Å²) in [5.74, 6) is -0.0656. The van der Waals surface area contributed by atoms with Crippen molar-refractivity contribution in [1.82, 2.24) is 5.32 Å². The van der Waals surface area contributed by atoms with Crippen LogP contribution in [0.1, 0.15) is 21.5 Å². The molecule has 1 aliphatic heterocycles. The Labute approximate surface area is 87.9 Å². The van der Waals surface area contributed by atoms with Gasteiger partial charge in [-0.1, -0.05) is 0 Å². The molecule has 2 rings (SSSR count). The number of hydrogen-bond acceptors (Lipinski definition) is 4. The number of phenolic OH excluding ortho intramolecular Hbond substituents is 1. The van der Waals surface area contributed by atoms with E-state index in [1.165, 1.54) is 0 Å². The maximum atomic E-state index is 11.6. The Morgan fingerprint density at radius 2 is 2.13 bits per heavy atom. The third kappa shape index (κ3) is 1.86. The molecule has 0 unspecified atom stereocenters. The largest absolute Gasteiger partial charge is 0.507 e. The minimum Gasteiger partial charge on any atom is -0.507 e. The summed E-state index contributed by atoms with van der Waals surface area (Å²) >= 11 is 0. The zero-order valence-electron chi connectivity index (χ0n) is 8.54. The van der Waals surface area contributed by atoms with Gasteiger partial charge in [0.2, 0.25) is 0 Å². The van der Waals surface area contributed by atoms with Gasteiger partial charge >= 0.3 is 0 Å². The Balaban J connectivity index is 2.36. The molecule has 0 radical (unpaired) electrons. The molecule has 1 heterocycles. The summed E-state index contributed by atoms with van der Waals surface area (Å²) in [4.78, 5) is 11.6. The average molecular weight is 207 g/mol. The highest BCUT2D eigenvalue weighted by molar-refractivity contribution is 6.00. The van der Waals surface area contributed by atoms with E-state index in [4.69, 9.17) is 4.74 Å². The van der Waals surface area contributed by atoms with Crippen molar-refractivity contribution in [1.29, 1.82) is 0 Å². The number of ketones is 1. The molecule has 15 heavy (non-hydrogen) atoms. The molecule has 4 heteroatoms. The molecule has 0 atom stereocenters. The second-order valence-electron chi connectivity index (χ2n) is 3.58. The molecule has 0 saturated heterocycles. The van der Waals surface area contributed by atoms with Gasteiger partial charge in [-0.05, 0) is 30.3 Å². The minimum absolute atomic E-state index is 0.0412. The van der Waals surface area contributed by atoms with Gasteiger partial charge in [-0.2, -0.15) is 0 Å². The predicted octanol–water partition coefficient (Wildman–Crippen LogP) is 0.825. The number of benzene rings is 1. The third-order valence-corrected chi connectivity index (χ3v) is 2.47. The van der Waals surface area contributed by atoms with Gasteiger partial charge < -0.3 is 15.2 Å². The van der Waals surface area contributed by atoms with Crippen LogP contribution in [0.25, 0.3) is 0 Å². The Bertz CT molecular complexity index is 401. The van der Waals surface area contributed by atoms with E-state index in [2.05, 4.69) is 5.32 Å². The molecule has 0 aromatic heterocycles. The first-order valence-corrected chi connectivity index (χ1v) is 4.82. The van der Waals surface area contributed by atoms with Gasteiger partial charge in [0.05, 0.1) is 25.3 Å². The van der Waals surface area contributed by atoms with Gasteiger partial charge in [0.15, 0.2) is 5.78 Å². The Hall–Kier alpha value is -1.39. The Morgan fingerprint density at radius 3 is 2.80 bits per heavy atom. The van der Waals surface area contributed by atoms with E-state index in [0.717, 1.165) is 11.1 Å². The fraction of sp³-hybridized carbons (Fsp3) is 0.364. The molecule has 4 nitrogen and oxygen atoms in total. The number of fused-ring (bicyclic) bond motifs is 1. The summed E-state index contributed by atoms with van der Waals surface area (Å²) in [7, 11) is 1.70. The van der Waals surface area contributed by atoms with Gasteiger partial charge in [0.1, 0.15) is 5.75 Å². The smallest absolute Gasteiger partial charge is 0.180 e. The number of nitrogens with one attached hydrogen (secondary N) is 1. The topological polar surface area (TPSA) is 58.6 Å². The zero-order chi connectivity index (χ0) is 10.8.